The molecule has 0 N–H and O–H groups in total. The highest BCUT2D eigenvalue weighted by molar-refractivity contribution is 6.66. The van der Waals surface area contributed by atoms with E-state index in [2.05, 4.69) is 0 Å². The van der Waals surface area contributed by atoms with Gasteiger partial charge in [0.2, 0.25) is 0 Å². The minimum atomic E-state index is -0.748. The summed E-state index contributed by atoms with van der Waals surface area (Å²) in [6.07, 6.45) is 0. The van der Waals surface area contributed by atoms with Crippen molar-refractivity contribution < 1.29 is 18.8 Å². The molecule has 1 fully saturated rings. The van der Waals surface area contributed by atoms with E-state index in [9.17, 15) is 4.79 Å². The average molecular weight is 403 g/mol. The lowest BCUT2D eigenvalue weighted by atomic mass is 9.72. The maximum atomic E-state index is 13.2. The van der Waals surface area contributed by atoms with E-state index in [4.69, 9.17) is 19.0 Å². The van der Waals surface area contributed by atoms with Crippen LogP contribution >= 0.6 is 0 Å². The van der Waals surface area contributed by atoms with E-state index >= 15 is 0 Å². The number of benzene rings is 2. The molecule has 2 aromatic carbocycles. The SMILES string of the molecule is CCOC(=O)c1c(B2OC(C)(C)C(C)(C)O2)c(-c2ccccc2)nc2ccccc12. The molecular weight excluding hydrogens is 377 g/mol. The number of rotatable bonds is 4. The number of esters is 1. The van der Waals surface area contributed by atoms with Crippen LogP contribution in [0.5, 0.6) is 0 Å². The van der Waals surface area contributed by atoms with Crippen LogP contribution in [0, 0.1) is 0 Å². The van der Waals surface area contributed by atoms with Crippen LogP contribution in [0.15, 0.2) is 54.6 Å². The maximum Gasteiger partial charge on any atom is 0.498 e. The fourth-order valence-electron chi connectivity index (χ4n) is 3.66. The molecule has 1 aliphatic rings. The van der Waals surface area contributed by atoms with Crippen LogP contribution in [-0.4, -0.2) is 35.9 Å². The number of hydrogen-bond acceptors (Lipinski definition) is 5. The topological polar surface area (TPSA) is 57.7 Å². The molecule has 3 aromatic rings. The molecule has 0 bridgehead atoms. The number of ether oxygens (including phenoxy) is 1. The summed E-state index contributed by atoms with van der Waals surface area (Å²) in [6, 6.07) is 17.4. The van der Waals surface area contributed by atoms with Gasteiger partial charge < -0.3 is 14.0 Å². The van der Waals surface area contributed by atoms with Crippen LogP contribution in [0.4, 0.5) is 0 Å². The Morgan fingerprint density at radius 1 is 0.967 bits per heavy atom. The summed E-state index contributed by atoms with van der Waals surface area (Å²) in [7, 11) is -0.748. The van der Waals surface area contributed by atoms with Crippen molar-refractivity contribution in [3.05, 3.63) is 60.2 Å². The number of pyridine rings is 1. The average Bonchev–Trinajstić information content (AvgIpc) is 2.94. The Morgan fingerprint density at radius 3 is 2.20 bits per heavy atom. The summed E-state index contributed by atoms with van der Waals surface area (Å²) in [6.45, 7) is 10.1. The Balaban J connectivity index is 2.05. The lowest BCUT2D eigenvalue weighted by Crippen LogP contribution is -2.41. The van der Waals surface area contributed by atoms with E-state index in [1.807, 2.05) is 82.3 Å². The van der Waals surface area contributed by atoms with Crippen molar-refractivity contribution in [1.82, 2.24) is 4.98 Å². The lowest BCUT2D eigenvalue weighted by molar-refractivity contribution is 0.00578. The zero-order chi connectivity index (χ0) is 21.5. The molecule has 0 radical (unpaired) electrons. The van der Waals surface area contributed by atoms with Gasteiger partial charge in [0.1, 0.15) is 0 Å². The first kappa shape index (κ1) is 20.6. The molecule has 0 atom stereocenters. The second-order valence-electron chi connectivity index (χ2n) is 8.44. The Morgan fingerprint density at radius 2 is 1.57 bits per heavy atom. The molecule has 0 spiro atoms. The van der Waals surface area contributed by atoms with Crippen molar-refractivity contribution in [2.24, 2.45) is 0 Å². The fourth-order valence-corrected chi connectivity index (χ4v) is 3.66. The molecular formula is C24H26BNO4. The molecule has 2 heterocycles. The third kappa shape index (κ3) is 3.40. The Kier molecular flexibility index (Phi) is 5.16. The molecule has 1 aromatic heterocycles. The monoisotopic (exact) mass is 403 g/mol. The second-order valence-corrected chi connectivity index (χ2v) is 8.44. The molecule has 0 saturated carbocycles. The highest BCUT2D eigenvalue weighted by atomic mass is 16.7. The fraction of sp³-hybridized carbons (Fsp3) is 0.333. The van der Waals surface area contributed by atoms with E-state index in [0.29, 0.717) is 16.7 Å². The largest absolute Gasteiger partial charge is 0.498 e. The Hall–Kier alpha value is -2.70. The van der Waals surface area contributed by atoms with Gasteiger partial charge in [-0.15, -0.1) is 0 Å². The standard InChI is InChI=1S/C24H26BNO4/c1-6-28-22(27)19-17-14-10-11-15-18(17)26-21(16-12-8-7-9-13-16)20(19)25-29-23(2,3)24(4,5)30-25/h7-15H,6H2,1-5H3. The number of hydrogen-bond donors (Lipinski definition) is 0. The normalized spacial score (nSPS) is 17.3. The van der Waals surface area contributed by atoms with Crippen molar-refractivity contribution in [1.29, 1.82) is 0 Å². The van der Waals surface area contributed by atoms with Gasteiger partial charge in [0.05, 0.1) is 34.6 Å². The lowest BCUT2D eigenvalue weighted by Gasteiger charge is -2.32. The number of nitrogens with zero attached hydrogens (tertiary/aromatic N) is 1. The minimum absolute atomic E-state index is 0.277. The first-order valence-corrected chi connectivity index (χ1v) is 10.3. The molecule has 154 valence electrons. The maximum absolute atomic E-state index is 13.2. The molecule has 30 heavy (non-hydrogen) atoms. The zero-order valence-electron chi connectivity index (χ0n) is 18.1. The molecule has 0 amide bonds. The summed E-state index contributed by atoms with van der Waals surface area (Å²) in [4.78, 5) is 18.1. The third-order valence-corrected chi connectivity index (χ3v) is 5.95. The summed E-state index contributed by atoms with van der Waals surface area (Å²) >= 11 is 0. The highest BCUT2D eigenvalue weighted by Gasteiger charge is 2.53. The molecule has 0 unspecified atom stereocenters. The van der Waals surface area contributed by atoms with Crippen molar-refractivity contribution in [3.63, 3.8) is 0 Å². The van der Waals surface area contributed by atoms with E-state index < -0.39 is 24.3 Å². The summed E-state index contributed by atoms with van der Waals surface area (Å²) in [5, 5.41) is 0.723. The van der Waals surface area contributed by atoms with Gasteiger partial charge in [-0.25, -0.2) is 9.78 Å². The molecule has 1 aliphatic heterocycles. The van der Waals surface area contributed by atoms with E-state index in [1.54, 1.807) is 6.92 Å². The van der Waals surface area contributed by atoms with Gasteiger partial charge in [0, 0.05) is 10.8 Å². The third-order valence-electron chi connectivity index (χ3n) is 5.95. The van der Waals surface area contributed by atoms with E-state index in [1.165, 1.54) is 0 Å². The molecule has 0 aliphatic carbocycles. The Bertz CT molecular complexity index is 1080. The molecule has 4 rings (SSSR count). The predicted molar refractivity (Wildman–Crippen MR) is 119 cm³/mol. The number of para-hydroxylation sites is 1. The van der Waals surface area contributed by atoms with Crippen LogP contribution in [0.3, 0.4) is 0 Å². The van der Waals surface area contributed by atoms with Gasteiger partial charge in [-0.05, 0) is 46.2 Å². The van der Waals surface area contributed by atoms with Crippen LogP contribution in [0.25, 0.3) is 22.2 Å². The van der Waals surface area contributed by atoms with E-state index in [-0.39, 0.29) is 6.61 Å². The predicted octanol–water partition coefficient (Wildman–Crippen LogP) is 4.38. The van der Waals surface area contributed by atoms with Gasteiger partial charge in [0.25, 0.3) is 0 Å². The minimum Gasteiger partial charge on any atom is -0.462 e. The van der Waals surface area contributed by atoms with Gasteiger partial charge >= 0.3 is 13.1 Å². The van der Waals surface area contributed by atoms with Crippen molar-refractivity contribution in [2.75, 3.05) is 6.61 Å². The van der Waals surface area contributed by atoms with Gasteiger partial charge in [-0.2, -0.15) is 0 Å². The summed E-state index contributed by atoms with van der Waals surface area (Å²) in [5.41, 5.74) is 2.22. The van der Waals surface area contributed by atoms with Crippen LogP contribution in [-0.2, 0) is 14.0 Å². The van der Waals surface area contributed by atoms with Crippen molar-refractivity contribution in [3.8, 4) is 11.3 Å². The van der Waals surface area contributed by atoms with Crippen LogP contribution in [0.2, 0.25) is 0 Å². The smallest absolute Gasteiger partial charge is 0.462 e. The van der Waals surface area contributed by atoms with Gasteiger partial charge in [-0.3, -0.25) is 0 Å². The van der Waals surface area contributed by atoms with Gasteiger partial charge in [-0.1, -0.05) is 48.5 Å². The highest BCUT2D eigenvalue weighted by Crippen LogP contribution is 2.38. The number of aromatic nitrogens is 1. The number of carbonyl (C=O) groups excluding carboxylic acids is 1. The molecule has 6 heteroatoms. The number of fused-ring (bicyclic) bond motifs is 1. The zero-order valence-corrected chi connectivity index (χ0v) is 18.1. The summed E-state index contributed by atoms with van der Waals surface area (Å²) < 4.78 is 18.2. The van der Waals surface area contributed by atoms with E-state index in [0.717, 1.165) is 16.5 Å². The van der Waals surface area contributed by atoms with Crippen LogP contribution in [0.1, 0.15) is 45.0 Å². The van der Waals surface area contributed by atoms with Crippen LogP contribution < -0.4 is 5.46 Å². The summed E-state index contributed by atoms with van der Waals surface area (Å²) in [5.74, 6) is -0.405. The first-order valence-electron chi connectivity index (χ1n) is 10.3. The first-order chi connectivity index (χ1) is 14.2. The quantitative estimate of drug-likeness (QED) is 0.478. The second kappa shape index (κ2) is 7.53. The van der Waals surface area contributed by atoms with Gasteiger partial charge in [0.15, 0.2) is 0 Å². The van der Waals surface area contributed by atoms with Crippen molar-refractivity contribution >= 4 is 29.5 Å². The molecule has 5 nitrogen and oxygen atoms in total. The van der Waals surface area contributed by atoms with Crippen molar-refractivity contribution in [2.45, 2.75) is 45.8 Å². The number of carbonyl (C=O) groups is 1. The molecule has 1 saturated heterocycles. The Labute approximate surface area is 177 Å².